The number of aliphatic carboxylic acids is 1. The van der Waals surface area contributed by atoms with Crippen molar-refractivity contribution >= 4 is 27.8 Å². The number of fused-ring (bicyclic) bond motifs is 4. The predicted octanol–water partition coefficient (Wildman–Crippen LogP) is 5.74. The molecule has 0 fully saturated rings. The lowest BCUT2D eigenvalue weighted by atomic mass is 9.90. The molecule has 0 spiro atoms. The van der Waals surface area contributed by atoms with Gasteiger partial charge in [-0.1, -0.05) is 44.0 Å². The summed E-state index contributed by atoms with van der Waals surface area (Å²) in [6.07, 6.45) is 10.8. The number of aromatic nitrogens is 3. The van der Waals surface area contributed by atoms with Crippen LogP contribution < -0.4 is 0 Å². The van der Waals surface area contributed by atoms with E-state index in [9.17, 15) is 9.90 Å². The maximum atomic E-state index is 11.5. The number of unbranched alkanes of at least 4 members (excludes halogenated alkanes) is 2. The number of hydrogen-bond donors (Lipinski definition) is 1. The number of pyridine rings is 2. The van der Waals surface area contributed by atoms with E-state index in [0.29, 0.717) is 6.04 Å². The molecule has 0 radical (unpaired) electrons. The van der Waals surface area contributed by atoms with Crippen molar-refractivity contribution in [3.05, 3.63) is 71.8 Å². The number of hydrogen-bond acceptors (Lipinski definition) is 4. The number of para-hydroxylation sites is 1. The van der Waals surface area contributed by atoms with Crippen LogP contribution in [0.25, 0.3) is 21.8 Å². The Bertz CT molecular complexity index is 1310. The number of carboxylic acids is 1. The molecular weight excluding hydrogens is 424 g/mol. The first-order valence-electron chi connectivity index (χ1n) is 12.4. The number of rotatable bonds is 9. The van der Waals surface area contributed by atoms with Gasteiger partial charge in [0, 0.05) is 29.0 Å². The summed E-state index contributed by atoms with van der Waals surface area (Å²) in [5.74, 6) is -0.850. The second-order valence-electron chi connectivity index (χ2n) is 9.32. The van der Waals surface area contributed by atoms with Crippen molar-refractivity contribution in [2.75, 3.05) is 6.54 Å². The molecule has 3 aromatic heterocycles. The van der Waals surface area contributed by atoms with Crippen LogP contribution in [0.15, 0.2) is 54.9 Å². The van der Waals surface area contributed by atoms with E-state index in [1.807, 2.05) is 41.2 Å². The van der Waals surface area contributed by atoms with Crippen LogP contribution in [-0.4, -0.2) is 37.1 Å². The Kier molecular flexibility index (Phi) is 6.59. The van der Waals surface area contributed by atoms with Crippen LogP contribution in [0.3, 0.4) is 0 Å². The van der Waals surface area contributed by atoms with E-state index in [1.54, 1.807) is 0 Å². The molecule has 0 aliphatic heterocycles. The number of nitrogens with zero attached hydrogens (tertiary/aromatic N) is 4. The molecule has 1 aliphatic rings. The molecule has 1 aromatic carbocycles. The van der Waals surface area contributed by atoms with E-state index in [4.69, 9.17) is 9.97 Å². The summed E-state index contributed by atoms with van der Waals surface area (Å²) in [4.78, 5) is 23.7. The Hall–Kier alpha value is -3.25. The van der Waals surface area contributed by atoms with Crippen LogP contribution in [0.1, 0.15) is 62.0 Å². The van der Waals surface area contributed by atoms with Gasteiger partial charge in [-0.3, -0.25) is 19.7 Å². The van der Waals surface area contributed by atoms with E-state index in [-0.39, 0.29) is 6.54 Å². The molecule has 0 amide bonds. The monoisotopic (exact) mass is 456 g/mol. The zero-order chi connectivity index (χ0) is 23.5. The van der Waals surface area contributed by atoms with Gasteiger partial charge in [0.15, 0.2) is 0 Å². The highest BCUT2D eigenvalue weighted by molar-refractivity contribution is 6.08. The lowest BCUT2D eigenvalue weighted by molar-refractivity contribution is -0.137. The summed E-state index contributed by atoms with van der Waals surface area (Å²) in [7, 11) is 0. The average molecular weight is 457 g/mol. The lowest BCUT2D eigenvalue weighted by Crippen LogP contribution is -2.33. The highest BCUT2D eigenvalue weighted by Gasteiger charge is 2.27. The summed E-state index contributed by atoms with van der Waals surface area (Å²) in [6, 6.07) is 14.8. The highest BCUT2D eigenvalue weighted by Crippen LogP contribution is 2.35. The fourth-order valence-corrected chi connectivity index (χ4v) is 5.44. The zero-order valence-electron chi connectivity index (χ0n) is 19.8. The number of benzene rings is 1. The summed E-state index contributed by atoms with van der Waals surface area (Å²) in [5.41, 5.74) is 5.42. The Balaban J connectivity index is 1.51. The second kappa shape index (κ2) is 9.94. The summed E-state index contributed by atoms with van der Waals surface area (Å²) in [5, 5.41) is 11.6. The number of carbonyl (C=O) groups is 1. The van der Waals surface area contributed by atoms with Crippen molar-refractivity contribution in [3.8, 4) is 0 Å². The Labute approximate surface area is 200 Å². The van der Waals surface area contributed by atoms with E-state index in [2.05, 4.69) is 30.0 Å². The molecule has 1 N–H and O–H groups in total. The molecule has 34 heavy (non-hydrogen) atoms. The topological polar surface area (TPSA) is 71.2 Å². The van der Waals surface area contributed by atoms with E-state index in [0.717, 1.165) is 59.9 Å². The van der Waals surface area contributed by atoms with Gasteiger partial charge in [-0.05, 0) is 56.0 Å². The summed E-state index contributed by atoms with van der Waals surface area (Å²) < 4.78 is 1.85. The smallest absolute Gasteiger partial charge is 0.323 e. The van der Waals surface area contributed by atoms with Crippen molar-refractivity contribution in [2.45, 2.75) is 64.6 Å². The lowest BCUT2D eigenvalue weighted by Gasteiger charge is -2.35. The minimum atomic E-state index is -0.850. The third kappa shape index (κ3) is 4.42. The van der Waals surface area contributed by atoms with Gasteiger partial charge in [-0.25, -0.2) is 0 Å². The second-order valence-corrected chi connectivity index (χ2v) is 9.32. The van der Waals surface area contributed by atoms with Gasteiger partial charge < -0.3 is 9.67 Å². The van der Waals surface area contributed by atoms with E-state index in [1.165, 1.54) is 30.5 Å². The third-order valence-corrected chi connectivity index (χ3v) is 7.03. The molecule has 6 heteroatoms. The number of aryl methyl sites for hydroxylation is 1. The molecule has 3 heterocycles. The van der Waals surface area contributed by atoms with Gasteiger partial charge in [0.25, 0.3) is 0 Å². The molecule has 0 saturated heterocycles. The van der Waals surface area contributed by atoms with Crippen LogP contribution in [0.2, 0.25) is 0 Å². The molecule has 1 aliphatic carbocycles. The SMILES string of the molecule is CCCCCN(Cc1cc2c3ccccc3n(CC(=O)O)c2cn1)[C@H]1CCCc2cccnc21. The minimum Gasteiger partial charge on any atom is -0.480 e. The molecular formula is C28H32N4O2. The number of carboxylic acid groups (broad SMARTS) is 1. The predicted molar refractivity (Wildman–Crippen MR) is 135 cm³/mol. The maximum Gasteiger partial charge on any atom is 0.323 e. The van der Waals surface area contributed by atoms with Crippen molar-refractivity contribution in [1.82, 2.24) is 19.4 Å². The standard InChI is InChI=1S/C28H32N4O2/c1-2-3-6-15-31(25-13-7-9-20-10-8-14-29-28(20)25)18-21-16-23-22-11-4-5-12-24(22)32(19-27(33)34)26(23)17-30-21/h4-5,8,10-12,14,16-17,25H,2-3,6-7,9,13,15,18-19H2,1H3,(H,33,34)/t25-/m0/s1. The van der Waals surface area contributed by atoms with Crippen LogP contribution in [0.5, 0.6) is 0 Å². The van der Waals surface area contributed by atoms with Gasteiger partial charge in [0.05, 0.1) is 29.1 Å². The van der Waals surface area contributed by atoms with Crippen LogP contribution >= 0.6 is 0 Å². The van der Waals surface area contributed by atoms with Crippen LogP contribution in [0.4, 0.5) is 0 Å². The molecule has 6 nitrogen and oxygen atoms in total. The van der Waals surface area contributed by atoms with E-state index < -0.39 is 5.97 Å². The zero-order valence-corrected chi connectivity index (χ0v) is 19.8. The molecule has 176 valence electrons. The fourth-order valence-electron chi connectivity index (χ4n) is 5.44. The van der Waals surface area contributed by atoms with Gasteiger partial charge in [0.1, 0.15) is 6.54 Å². The third-order valence-electron chi connectivity index (χ3n) is 7.03. The molecule has 0 unspecified atom stereocenters. The van der Waals surface area contributed by atoms with Gasteiger partial charge in [0.2, 0.25) is 0 Å². The first kappa shape index (κ1) is 22.5. The first-order valence-corrected chi connectivity index (χ1v) is 12.4. The van der Waals surface area contributed by atoms with Crippen molar-refractivity contribution in [2.24, 2.45) is 0 Å². The first-order chi connectivity index (χ1) is 16.7. The van der Waals surface area contributed by atoms with Gasteiger partial charge >= 0.3 is 5.97 Å². The molecule has 0 saturated carbocycles. The Morgan fingerprint density at radius 2 is 2.00 bits per heavy atom. The van der Waals surface area contributed by atoms with Crippen molar-refractivity contribution in [3.63, 3.8) is 0 Å². The van der Waals surface area contributed by atoms with E-state index >= 15 is 0 Å². The quantitative estimate of drug-likeness (QED) is 0.325. The van der Waals surface area contributed by atoms with Gasteiger partial charge in [-0.15, -0.1) is 0 Å². The fraction of sp³-hybridized carbons (Fsp3) is 0.393. The van der Waals surface area contributed by atoms with Crippen molar-refractivity contribution in [1.29, 1.82) is 0 Å². The summed E-state index contributed by atoms with van der Waals surface area (Å²) >= 11 is 0. The average Bonchev–Trinajstić information content (AvgIpc) is 3.16. The van der Waals surface area contributed by atoms with Crippen LogP contribution in [0, 0.1) is 0 Å². The summed E-state index contributed by atoms with van der Waals surface area (Å²) in [6.45, 7) is 3.96. The normalized spacial score (nSPS) is 15.8. The van der Waals surface area contributed by atoms with Crippen LogP contribution in [-0.2, 0) is 24.3 Å². The molecule has 5 rings (SSSR count). The van der Waals surface area contributed by atoms with Crippen molar-refractivity contribution < 1.29 is 9.90 Å². The maximum absolute atomic E-state index is 11.5. The largest absolute Gasteiger partial charge is 0.480 e. The molecule has 0 bridgehead atoms. The minimum absolute atomic E-state index is 0.0707. The Morgan fingerprint density at radius 3 is 2.85 bits per heavy atom. The Morgan fingerprint density at radius 1 is 1.12 bits per heavy atom. The molecule has 1 atom stereocenters. The molecule has 4 aromatic rings. The highest BCUT2D eigenvalue weighted by atomic mass is 16.4. The van der Waals surface area contributed by atoms with Gasteiger partial charge in [-0.2, -0.15) is 0 Å².